The van der Waals surface area contributed by atoms with Gasteiger partial charge in [0.1, 0.15) is 17.4 Å². The van der Waals surface area contributed by atoms with Crippen molar-refractivity contribution in [3.63, 3.8) is 0 Å². The Labute approximate surface area is 114 Å². The third-order valence-electron chi connectivity index (χ3n) is 2.86. The Kier molecular flexibility index (Phi) is 4.14. The summed E-state index contributed by atoms with van der Waals surface area (Å²) in [6.07, 6.45) is -0.0768. The second-order valence-corrected chi connectivity index (χ2v) is 4.20. The number of benzene rings is 1. The van der Waals surface area contributed by atoms with Crippen LogP contribution in [0.5, 0.6) is 0 Å². The van der Waals surface area contributed by atoms with Crippen molar-refractivity contribution >= 4 is 5.97 Å². The smallest absolute Gasteiger partial charge is 0.373 e. The van der Waals surface area contributed by atoms with Crippen LogP contribution in [-0.2, 0) is 11.2 Å². The number of esters is 1. The molecule has 20 heavy (non-hydrogen) atoms. The highest BCUT2D eigenvalue weighted by Crippen LogP contribution is 2.22. The van der Waals surface area contributed by atoms with Crippen molar-refractivity contribution in [3.05, 3.63) is 59.1 Å². The fourth-order valence-corrected chi connectivity index (χ4v) is 1.81. The fraction of sp³-hybridized carbons (Fsp3) is 0.214. The molecule has 1 aromatic carbocycles. The van der Waals surface area contributed by atoms with Crippen LogP contribution in [0.4, 0.5) is 8.78 Å². The zero-order chi connectivity index (χ0) is 14.7. The third-order valence-corrected chi connectivity index (χ3v) is 2.86. The fourth-order valence-electron chi connectivity index (χ4n) is 1.81. The maximum atomic E-state index is 13.5. The average molecular weight is 281 g/mol. The number of hydrogen-bond donors (Lipinski definition) is 1. The maximum absolute atomic E-state index is 13.5. The first-order valence-corrected chi connectivity index (χ1v) is 5.89. The Morgan fingerprint density at radius 2 is 1.95 bits per heavy atom. The predicted octanol–water partition coefficient (Wildman–Crippen LogP) is 2.59. The van der Waals surface area contributed by atoms with Crippen LogP contribution < -0.4 is 5.73 Å². The number of nitrogens with two attached hydrogens (primary N) is 1. The van der Waals surface area contributed by atoms with Crippen molar-refractivity contribution < 1.29 is 22.7 Å². The van der Waals surface area contributed by atoms with Gasteiger partial charge < -0.3 is 14.9 Å². The van der Waals surface area contributed by atoms with Crippen molar-refractivity contribution in [1.29, 1.82) is 0 Å². The number of ether oxygens (including phenoxy) is 1. The number of hydrogen-bond acceptors (Lipinski definition) is 4. The first-order valence-electron chi connectivity index (χ1n) is 5.89. The van der Waals surface area contributed by atoms with Gasteiger partial charge in [-0.2, -0.15) is 0 Å². The van der Waals surface area contributed by atoms with E-state index in [0.717, 1.165) is 12.1 Å². The number of carbonyl (C=O) groups excluding carboxylic acids is 1. The lowest BCUT2D eigenvalue weighted by atomic mass is 10.0. The van der Waals surface area contributed by atoms with Crippen molar-refractivity contribution in [2.45, 2.75) is 12.5 Å². The molecule has 0 aliphatic rings. The van der Waals surface area contributed by atoms with Crippen LogP contribution in [-0.4, -0.2) is 13.1 Å². The van der Waals surface area contributed by atoms with E-state index in [1.807, 2.05) is 0 Å². The molecule has 0 bridgehead atoms. The molecule has 0 fully saturated rings. The third kappa shape index (κ3) is 2.85. The summed E-state index contributed by atoms with van der Waals surface area (Å²) in [5.74, 6) is -1.72. The summed E-state index contributed by atoms with van der Waals surface area (Å²) in [4.78, 5) is 11.2. The van der Waals surface area contributed by atoms with Crippen molar-refractivity contribution in [2.24, 2.45) is 5.73 Å². The Balaban J connectivity index is 2.18. The molecule has 0 spiro atoms. The quantitative estimate of drug-likeness (QED) is 0.875. The first kappa shape index (κ1) is 14.2. The van der Waals surface area contributed by atoms with E-state index < -0.39 is 23.6 Å². The lowest BCUT2D eigenvalue weighted by molar-refractivity contribution is 0.0562. The normalized spacial score (nSPS) is 12.2. The lowest BCUT2D eigenvalue weighted by Crippen LogP contribution is -2.14. The van der Waals surface area contributed by atoms with Gasteiger partial charge in [-0.25, -0.2) is 13.6 Å². The van der Waals surface area contributed by atoms with E-state index in [4.69, 9.17) is 10.2 Å². The molecule has 1 atom stereocenters. The maximum Gasteiger partial charge on any atom is 0.373 e. The summed E-state index contributed by atoms with van der Waals surface area (Å²) >= 11 is 0. The summed E-state index contributed by atoms with van der Waals surface area (Å²) in [6.45, 7) is 0. The molecule has 1 aromatic heterocycles. The standard InChI is InChI=1S/C14H13F2NO3/c1-19-14(18)13-6-5-12(20-13)11(17)7-8-9(15)3-2-4-10(8)16/h2-6,11H,7,17H2,1H3. The van der Waals surface area contributed by atoms with Gasteiger partial charge in [-0.15, -0.1) is 0 Å². The Bertz CT molecular complexity index is 604. The highest BCUT2D eigenvalue weighted by Gasteiger charge is 2.19. The molecule has 2 N–H and O–H groups in total. The molecule has 1 unspecified atom stereocenters. The summed E-state index contributed by atoms with van der Waals surface area (Å²) < 4.78 is 36.7. The van der Waals surface area contributed by atoms with Gasteiger partial charge in [-0.05, 0) is 24.3 Å². The lowest BCUT2D eigenvalue weighted by Gasteiger charge is -2.10. The molecule has 6 heteroatoms. The highest BCUT2D eigenvalue weighted by atomic mass is 19.1. The van der Waals surface area contributed by atoms with Gasteiger partial charge in [0.2, 0.25) is 5.76 Å². The van der Waals surface area contributed by atoms with Gasteiger partial charge in [0.15, 0.2) is 0 Å². The molecule has 2 aromatic rings. The largest absolute Gasteiger partial charge is 0.463 e. The van der Waals surface area contributed by atoms with Gasteiger partial charge in [0, 0.05) is 12.0 Å². The van der Waals surface area contributed by atoms with Crippen LogP contribution in [0, 0.1) is 11.6 Å². The number of halogens is 2. The molecule has 0 radical (unpaired) electrons. The Morgan fingerprint density at radius 1 is 1.30 bits per heavy atom. The molecular weight excluding hydrogens is 268 g/mol. The summed E-state index contributed by atoms with van der Waals surface area (Å²) in [6, 6.07) is 5.72. The van der Waals surface area contributed by atoms with E-state index in [9.17, 15) is 13.6 Å². The zero-order valence-electron chi connectivity index (χ0n) is 10.7. The van der Waals surface area contributed by atoms with Crippen LogP contribution in [0.1, 0.15) is 27.9 Å². The SMILES string of the molecule is COC(=O)c1ccc(C(N)Cc2c(F)cccc2F)o1. The minimum Gasteiger partial charge on any atom is -0.463 e. The van der Waals surface area contributed by atoms with Crippen LogP contribution in [0.2, 0.25) is 0 Å². The summed E-state index contributed by atoms with van der Waals surface area (Å²) in [5, 5.41) is 0. The van der Waals surface area contributed by atoms with Crippen LogP contribution in [0.15, 0.2) is 34.7 Å². The highest BCUT2D eigenvalue weighted by molar-refractivity contribution is 5.86. The van der Waals surface area contributed by atoms with E-state index in [-0.39, 0.29) is 23.5 Å². The minimum absolute atomic E-state index is 0.00745. The molecule has 0 aliphatic carbocycles. The first-order chi connectivity index (χ1) is 9.52. The molecular formula is C14H13F2NO3. The second kappa shape index (κ2) is 5.83. The number of carbonyl (C=O) groups is 1. The Morgan fingerprint density at radius 3 is 2.55 bits per heavy atom. The van der Waals surface area contributed by atoms with Gasteiger partial charge in [0.25, 0.3) is 0 Å². The number of furan rings is 1. The van der Waals surface area contributed by atoms with Crippen LogP contribution in [0.25, 0.3) is 0 Å². The monoisotopic (exact) mass is 281 g/mol. The second-order valence-electron chi connectivity index (χ2n) is 4.20. The van der Waals surface area contributed by atoms with Gasteiger partial charge in [-0.3, -0.25) is 0 Å². The Hall–Kier alpha value is -2.21. The molecule has 0 amide bonds. The summed E-state index contributed by atoms with van der Waals surface area (Å²) in [7, 11) is 1.22. The molecule has 2 rings (SSSR count). The van der Waals surface area contributed by atoms with E-state index in [1.165, 1.54) is 25.3 Å². The van der Waals surface area contributed by atoms with Crippen molar-refractivity contribution in [2.75, 3.05) is 7.11 Å². The minimum atomic E-state index is -0.764. The number of methoxy groups -OCH3 is 1. The van der Waals surface area contributed by atoms with Crippen molar-refractivity contribution in [1.82, 2.24) is 0 Å². The number of rotatable bonds is 4. The van der Waals surface area contributed by atoms with Gasteiger partial charge in [0.05, 0.1) is 13.2 Å². The van der Waals surface area contributed by atoms with Crippen molar-refractivity contribution in [3.8, 4) is 0 Å². The van der Waals surface area contributed by atoms with E-state index in [0.29, 0.717) is 0 Å². The zero-order valence-corrected chi connectivity index (χ0v) is 10.7. The van der Waals surface area contributed by atoms with E-state index >= 15 is 0 Å². The van der Waals surface area contributed by atoms with E-state index in [2.05, 4.69) is 4.74 Å². The van der Waals surface area contributed by atoms with Gasteiger partial charge >= 0.3 is 5.97 Å². The topological polar surface area (TPSA) is 65.5 Å². The van der Waals surface area contributed by atoms with Gasteiger partial charge in [-0.1, -0.05) is 6.07 Å². The molecule has 0 saturated heterocycles. The van der Waals surface area contributed by atoms with Crippen LogP contribution >= 0.6 is 0 Å². The van der Waals surface area contributed by atoms with Crippen LogP contribution in [0.3, 0.4) is 0 Å². The molecule has 106 valence electrons. The molecule has 0 saturated carbocycles. The summed E-state index contributed by atoms with van der Waals surface area (Å²) in [5.41, 5.74) is 5.73. The molecule has 1 heterocycles. The van der Waals surface area contributed by atoms with E-state index in [1.54, 1.807) is 0 Å². The predicted molar refractivity (Wildman–Crippen MR) is 67.0 cm³/mol. The molecule has 4 nitrogen and oxygen atoms in total. The average Bonchev–Trinajstić information content (AvgIpc) is 2.92. The molecule has 0 aliphatic heterocycles.